The third kappa shape index (κ3) is 3.69. The number of H-pyrrole nitrogens is 1. The van der Waals surface area contributed by atoms with Gasteiger partial charge in [0.1, 0.15) is 23.9 Å². The van der Waals surface area contributed by atoms with Gasteiger partial charge in [0.25, 0.3) is 0 Å². The van der Waals surface area contributed by atoms with Crippen molar-refractivity contribution in [3.05, 3.63) is 82.4 Å². The van der Waals surface area contributed by atoms with Crippen LogP contribution in [0.3, 0.4) is 0 Å². The van der Waals surface area contributed by atoms with Gasteiger partial charge >= 0.3 is 6.18 Å². The number of hydrogen-bond donors (Lipinski definition) is 2. The summed E-state index contributed by atoms with van der Waals surface area (Å²) in [5.41, 5.74) is 5.30. The van der Waals surface area contributed by atoms with Crippen molar-refractivity contribution in [1.29, 1.82) is 5.26 Å². The summed E-state index contributed by atoms with van der Waals surface area (Å²) >= 11 is 0. The molecule has 7 nitrogen and oxygen atoms in total. The van der Waals surface area contributed by atoms with Crippen LogP contribution in [0.25, 0.3) is 0 Å². The highest BCUT2D eigenvalue weighted by Gasteiger charge is 2.45. The fourth-order valence-corrected chi connectivity index (χ4v) is 3.58. The fraction of sp³-hybridized carbons (Fsp3) is 0.182. The summed E-state index contributed by atoms with van der Waals surface area (Å²) in [4.78, 5) is 0. The molecule has 0 amide bonds. The third-order valence-electron chi connectivity index (χ3n) is 4.99. The number of para-hydroxylation sites is 1. The maximum Gasteiger partial charge on any atom is 0.433 e. The molecular weight excluding hydrogens is 425 g/mol. The Balaban J connectivity index is 1.89. The number of ether oxygens (including phenoxy) is 3. The van der Waals surface area contributed by atoms with Crippen LogP contribution in [0.1, 0.15) is 28.3 Å². The number of alkyl halides is 3. The molecule has 0 saturated carbocycles. The van der Waals surface area contributed by atoms with Crippen molar-refractivity contribution in [1.82, 2.24) is 10.2 Å². The first-order chi connectivity index (χ1) is 15.3. The van der Waals surface area contributed by atoms with E-state index < -0.39 is 17.8 Å². The Hall–Kier alpha value is -4.13. The van der Waals surface area contributed by atoms with Crippen molar-refractivity contribution >= 4 is 0 Å². The molecule has 3 aromatic rings. The van der Waals surface area contributed by atoms with Gasteiger partial charge < -0.3 is 19.9 Å². The van der Waals surface area contributed by atoms with E-state index in [1.165, 1.54) is 7.11 Å². The van der Waals surface area contributed by atoms with Crippen LogP contribution in [-0.4, -0.2) is 17.3 Å². The number of aromatic amines is 1. The van der Waals surface area contributed by atoms with Gasteiger partial charge in [-0.3, -0.25) is 5.10 Å². The average molecular weight is 442 g/mol. The summed E-state index contributed by atoms with van der Waals surface area (Å²) in [6, 6.07) is 15.9. The number of aromatic nitrogens is 2. The normalized spacial score (nSPS) is 15.5. The van der Waals surface area contributed by atoms with Crippen molar-refractivity contribution in [2.75, 3.05) is 7.11 Å². The Kier molecular flexibility index (Phi) is 5.40. The number of nitrogens with one attached hydrogen (secondary N) is 1. The predicted molar refractivity (Wildman–Crippen MR) is 107 cm³/mol. The second kappa shape index (κ2) is 8.19. The first kappa shape index (κ1) is 21.1. The van der Waals surface area contributed by atoms with E-state index in [1.807, 2.05) is 41.5 Å². The number of fused-ring (bicyclic) bond motifs is 1. The fourth-order valence-electron chi connectivity index (χ4n) is 3.58. The number of rotatable bonds is 5. The quantitative estimate of drug-likeness (QED) is 0.612. The number of halogens is 3. The largest absolute Gasteiger partial charge is 0.493 e. The smallest absolute Gasteiger partial charge is 0.433 e. The Labute approximate surface area is 180 Å². The van der Waals surface area contributed by atoms with E-state index in [1.54, 1.807) is 18.2 Å². The first-order valence-corrected chi connectivity index (χ1v) is 9.41. The van der Waals surface area contributed by atoms with E-state index in [0.29, 0.717) is 5.75 Å². The lowest BCUT2D eigenvalue weighted by atomic mass is 9.83. The lowest BCUT2D eigenvalue weighted by Crippen LogP contribution is -2.23. The number of nitriles is 1. The van der Waals surface area contributed by atoms with Crippen LogP contribution in [0.2, 0.25) is 0 Å². The zero-order valence-corrected chi connectivity index (χ0v) is 16.7. The molecule has 1 aromatic heterocycles. The molecule has 4 rings (SSSR count). The van der Waals surface area contributed by atoms with Crippen LogP contribution < -0.4 is 19.9 Å². The molecule has 0 bridgehead atoms. The van der Waals surface area contributed by atoms with E-state index in [4.69, 9.17) is 19.9 Å². The SMILES string of the molecule is COc1cccc(C2C(C#N)=C(N)Oc3n[nH]c(C(F)(F)F)c32)c1OCc1ccccc1. The van der Waals surface area contributed by atoms with Gasteiger partial charge in [-0.2, -0.15) is 18.4 Å². The van der Waals surface area contributed by atoms with Gasteiger partial charge in [0.2, 0.25) is 11.8 Å². The van der Waals surface area contributed by atoms with Gasteiger partial charge in [0.15, 0.2) is 11.5 Å². The molecule has 1 atom stereocenters. The Morgan fingerprint density at radius 1 is 1.19 bits per heavy atom. The molecule has 0 aliphatic carbocycles. The van der Waals surface area contributed by atoms with Crippen molar-refractivity contribution < 1.29 is 27.4 Å². The Morgan fingerprint density at radius 3 is 2.59 bits per heavy atom. The number of benzene rings is 2. The van der Waals surface area contributed by atoms with Crippen LogP contribution in [0, 0.1) is 11.3 Å². The molecule has 2 aromatic carbocycles. The molecule has 1 unspecified atom stereocenters. The molecule has 3 N–H and O–H groups in total. The third-order valence-corrected chi connectivity index (χ3v) is 4.99. The average Bonchev–Trinajstić information content (AvgIpc) is 3.21. The topological polar surface area (TPSA) is 106 Å². The molecule has 32 heavy (non-hydrogen) atoms. The van der Waals surface area contributed by atoms with E-state index in [-0.39, 0.29) is 40.8 Å². The van der Waals surface area contributed by atoms with Crippen LogP contribution in [0.15, 0.2) is 60.0 Å². The van der Waals surface area contributed by atoms with E-state index in [0.717, 1.165) is 5.56 Å². The standard InChI is InChI=1S/C22H17F3N4O3/c1-30-15-9-5-8-13(18(15)31-11-12-6-3-2-4-7-12)16-14(10-26)20(27)32-21-17(16)19(28-29-21)22(23,24)25/h2-9,16H,11,27H2,1H3,(H,28,29). The zero-order valence-electron chi connectivity index (χ0n) is 16.7. The molecule has 0 spiro atoms. The number of allylic oxidation sites excluding steroid dienone is 1. The maximum absolute atomic E-state index is 13.7. The van der Waals surface area contributed by atoms with Crippen LogP contribution in [-0.2, 0) is 12.8 Å². The van der Waals surface area contributed by atoms with Crippen LogP contribution in [0.4, 0.5) is 13.2 Å². The first-order valence-electron chi connectivity index (χ1n) is 9.41. The lowest BCUT2D eigenvalue weighted by Gasteiger charge is -2.26. The van der Waals surface area contributed by atoms with Crippen molar-refractivity contribution in [3.8, 4) is 23.4 Å². The van der Waals surface area contributed by atoms with Crippen LogP contribution >= 0.6 is 0 Å². The van der Waals surface area contributed by atoms with E-state index in [2.05, 4.69) is 5.10 Å². The van der Waals surface area contributed by atoms with Gasteiger partial charge in [-0.1, -0.05) is 42.5 Å². The monoisotopic (exact) mass is 442 g/mol. The molecule has 1 aliphatic heterocycles. The number of methoxy groups -OCH3 is 1. The minimum absolute atomic E-state index is 0.128. The minimum Gasteiger partial charge on any atom is -0.493 e. The lowest BCUT2D eigenvalue weighted by molar-refractivity contribution is -0.141. The highest BCUT2D eigenvalue weighted by atomic mass is 19.4. The summed E-state index contributed by atoms with van der Waals surface area (Å²) in [6.07, 6.45) is -4.77. The molecule has 2 heterocycles. The number of nitrogens with two attached hydrogens (primary N) is 1. The molecular formula is C22H17F3N4O3. The highest BCUT2D eigenvalue weighted by Crippen LogP contribution is 2.50. The summed E-state index contributed by atoms with van der Waals surface area (Å²) in [6.45, 7) is 0.128. The van der Waals surface area contributed by atoms with Crippen molar-refractivity contribution in [2.45, 2.75) is 18.7 Å². The summed E-state index contributed by atoms with van der Waals surface area (Å²) in [5.74, 6) is -1.44. The molecule has 164 valence electrons. The Bertz CT molecular complexity index is 1210. The molecule has 0 radical (unpaired) electrons. The number of nitrogens with zero attached hydrogens (tertiary/aromatic N) is 2. The van der Waals surface area contributed by atoms with Gasteiger partial charge in [-0.25, -0.2) is 0 Å². The maximum atomic E-state index is 13.7. The second-order valence-corrected chi connectivity index (χ2v) is 6.89. The highest BCUT2D eigenvalue weighted by molar-refractivity contribution is 5.61. The molecule has 1 aliphatic rings. The number of hydrogen-bond acceptors (Lipinski definition) is 6. The molecule has 10 heteroatoms. The van der Waals surface area contributed by atoms with Crippen molar-refractivity contribution in [3.63, 3.8) is 0 Å². The Morgan fingerprint density at radius 2 is 1.94 bits per heavy atom. The summed E-state index contributed by atoms with van der Waals surface area (Å²) in [5, 5.41) is 15.3. The van der Waals surface area contributed by atoms with E-state index in [9.17, 15) is 18.4 Å². The summed E-state index contributed by atoms with van der Waals surface area (Å²) in [7, 11) is 1.41. The van der Waals surface area contributed by atoms with Gasteiger partial charge in [-0.15, -0.1) is 5.10 Å². The van der Waals surface area contributed by atoms with Crippen LogP contribution in [0.5, 0.6) is 17.4 Å². The second-order valence-electron chi connectivity index (χ2n) is 6.89. The predicted octanol–water partition coefficient (Wildman–Crippen LogP) is 4.23. The van der Waals surface area contributed by atoms with Gasteiger partial charge in [-0.05, 0) is 11.6 Å². The van der Waals surface area contributed by atoms with Gasteiger partial charge in [0, 0.05) is 5.56 Å². The molecule has 0 fully saturated rings. The minimum atomic E-state index is -4.77. The van der Waals surface area contributed by atoms with Crippen molar-refractivity contribution in [2.24, 2.45) is 5.73 Å². The molecule has 0 saturated heterocycles. The van der Waals surface area contributed by atoms with E-state index >= 15 is 0 Å². The summed E-state index contributed by atoms with van der Waals surface area (Å²) < 4.78 is 57.8. The van der Waals surface area contributed by atoms with Gasteiger partial charge in [0.05, 0.1) is 18.6 Å². The zero-order chi connectivity index (χ0) is 22.9.